The van der Waals surface area contributed by atoms with Crippen molar-refractivity contribution in [2.45, 2.75) is 19.9 Å². The van der Waals surface area contributed by atoms with Crippen LogP contribution >= 0.6 is 24.0 Å². The number of methoxy groups -OCH3 is 2. The highest BCUT2D eigenvalue weighted by Gasteiger charge is 2.19. The molecule has 1 aliphatic heterocycles. The van der Waals surface area contributed by atoms with Gasteiger partial charge in [-0.25, -0.2) is 0 Å². The van der Waals surface area contributed by atoms with E-state index in [0.29, 0.717) is 12.5 Å². The predicted molar refractivity (Wildman–Crippen MR) is 125 cm³/mol. The average molecular weight is 496 g/mol. The van der Waals surface area contributed by atoms with Gasteiger partial charge in [-0.15, -0.1) is 24.0 Å². The standard InChI is InChI=1S/C21H28N4O2.HI/c1-15-5-4-6-18(11-15)24-21(22)23-8-10-25-9-7-16-12-19(26-2)20(27-3)13-17(16)14-25;/h4-6,11-13H,7-10,14H2,1-3H3,(H3,22,23,24);1H. The van der Waals surface area contributed by atoms with Crippen LogP contribution < -0.4 is 20.5 Å². The number of nitrogens with two attached hydrogens (primary N) is 1. The second-order valence-corrected chi connectivity index (χ2v) is 6.76. The summed E-state index contributed by atoms with van der Waals surface area (Å²) in [6.45, 7) is 5.47. The van der Waals surface area contributed by atoms with Crippen LogP contribution in [0.25, 0.3) is 0 Å². The van der Waals surface area contributed by atoms with E-state index in [1.54, 1.807) is 14.2 Å². The molecule has 3 N–H and O–H groups in total. The number of guanidine groups is 1. The maximum absolute atomic E-state index is 6.01. The minimum absolute atomic E-state index is 0. The van der Waals surface area contributed by atoms with Crippen LogP contribution in [0.5, 0.6) is 11.5 Å². The normalized spacial score (nSPS) is 14.0. The quantitative estimate of drug-likeness (QED) is 0.365. The number of aliphatic imine (C=N–C) groups is 1. The molecule has 2 aromatic carbocycles. The van der Waals surface area contributed by atoms with Gasteiger partial charge in [-0.1, -0.05) is 12.1 Å². The second-order valence-electron chi connectivity index (χ2n) is 6.76. The number of aryl methyl sites for hydroxylation is 1. The van der Waals surface area contributed by atoms with E-state index in [2.05, 4.69) is 40.3 Å². The molecule has 1 heterocycles. The molecule has 3 rings (SSSR count). The zero-order valence-corrected chi connectivity index (χ0v) is 19.0. The van der Waals surface area contributed by atoms with Crippen molar-refractivity contribution in [1.29, 1.82) is 0 Å². The Bertz CT molecular complexity index is 826. The van der Waals surface area contributed by atoms with Gasteiger partial charge in [-0.3, -0.25) is 9.89 Å². The molecular formula is C21H29IN4O2. The highest BCUT2D eigenvalue weighted by molar-refractivity contribution is 14.0. The molecule has 0 fully saturated rings. The van der Waals surface area contributed by atoms with Crippen LogP contribution in [0.2, 0.25) is 0 Å². The monoisotopic (exact) mass is 496 g/mol. The van der Waals surface area contributed by atoms with Crippen molar-refractivity contribution < 1.29 is 9.47 Å². The fourth-order valence-corrected chi connectivity index (χ4v) is 3.35. The molecule has 0 saturated heterocycles. The zero-order chi connectivity index (χ0) is 19.2. The number of hydrogen-bond acceptors (Lipinski definition) is 4. The second kappa shape index (κ2) is 10.5. The summed E-state index contributed by atoms with van der Waals surface area (Å²) in [5, 5.41) is 3.14. The number of anilines is 1. The lowest BCUT2D eigenvalue weighted by molar-refractivity contribution is 0.260. The molecule has 2 aromatic rings. The Labute approximate surface area is 184 Å². The number of hydrogen-bond donors (Lipinski definition) is 2. The van der Waals surface area contributed by atoms with Gasteiger partial charge in [0.1, 0.15) is 0 Å². The van der Waals surface area contributed by atoms with Crippen LogP contribution in [-0.2, 0) is 13.0 Å². The zero-order valence-electron chi connectivity index (χ0n) is 16.7. The maximum atomic E-state index is 6.01. The third-order valence-electron chi connectivity index (χ3n) is 4.79. The fourth-order valence-electron chi connectivity index (χ4n) is 3.35. The van der Waals surface area contributed by atoms with Crippen LogP contribution in [-0.4, -0.2) is 44.7 Å². The van der Waals surface area contributed by atoms with Gasteiger partial charge in [0.25, 0.3) is 0 Å². The lowest BCUT2D eigenvalue weighted by atomic mass is 9.99. The molecule has 0 amide bonds. The molecule has 152 valence electrons. The molecule has 0 aromatic heterocycles. The molecule has 0 bridgehead atoms. The van der Waals surface area contributed by atoms with Crippen molar-refractivity contribution in [3.05, 3.63) is 53.1 Å². The van der Waals surface area contributed by atoms with E-state index in [1.165, 1.54) is 16.7 Å². The lowest BCUT2D eigenvalue weighted by Crippen LogP contribution is -2.33. The van der Waals surface area contributed by atoms with Gasteiger partial charge < -0.3 is 20.5 Å². The first-order chi connectivity index (χ1) is 13.1. The third kappa shape index (κ3) is 5.75. The predicted octanol–water partition coefficient (Wildman–Crippen LogP) is 3.42. The first-order valence-electron chi connectivity index (χ1n) is 9.19. The number of halogens is 1. The fraction of sp³-hybridized carbons (Fsp3) is 0.381. The first kappa shape index (κ1) is 22.3. The van der Waals surface area contributed by atoms with Crippen molar-refractivity contribution in [1.82, 2.24) is 4.90 Å². The molecule has 0 atom stereocenters. The number of ether oxygens (including phenoxy) is 2. The molecule has 0 radical (unpaired) electrons. The van der Waals surface area contributed by atoms with Gasteiger partial charge in [0.15, 0.2) is 17.5 Å². The van der Waals surface area contributed by atoms with E-state index in [1.807, 2.05) is 18.2 Å². The highest BCUT2D eigenvalue weighted by atomic mass is 127. The van der Waals surface area contributed by atoms with E-state index < -0.39 is 0 Å². The number of fused-ring (bicyclic) bond motifs is 1. The smallest absolute Gasteiger partial charge is 0.193 e. The molecular weight excluding hydrogens is 467 g/mol. The Kier molecular flexibility index (Phi) is 8.37. The van der Waals surface area contributed by atoms with Gasteiger partial charge in [-0.05, 0) is 54.3 Å². The summed E-state index contributed by atoms with van der Waals surface area (Å²) in [5.41, 5.74) is 10.8. The number of rotatable bonds is 6. The van der Waals surface area contributed by atoms with Crippen LogP contribution in [0.4, 0.5) is 5.69 Å². The summed E-state index contributed by atoms with van der Waals surface area (Å²) in [7, 11) is 3.34. The largest absolute Gasteiger partial charge is 0.493 e. The molecule has 0 unspecified atom stereocenters. The number of nitrogens with one attached hydrogen (secondary N) is 1. The number of nitrogens with zero attached hydrogens (tertiary/aromatic N) is 2. The highest BCUT2D eigenvalue weighted by Crippen LogP contribution is 2.33. The first-order valence-corrected chi connectivity index (χ1v) is 9.19. The van der Waals surface area contributed by atoms with E-state index in [-0.39, 0.29) is 24.0 Å². The SMILES string of the molecule is COc1cc2c(cc1OC)CN(CCN=C(N)Nc1cccc(C)c1)CC2.I. The third-order valence-corrected chi connectivity index (χ3v) is 4.79. The Morgan fingerprint density at radius 2 is 1.86 bits per heavy atom. The number of benzene rings is 2. The van der Waals surface area contributed by atoms with Crippen LogP contribution in [0.1, 0.15) is 16.7 Å². The van der Waals surface area contributed by atoms with Crippen LogP contribution in [0.15, 0.2) is 41.4 Å². The van der Waals surface area contributed by atoms with E-state index in [4.69, 9.17) is 15.2 Å². The lowest BCUT2D eigenvalue weighted by Gasteiger charge is -2.29. The van der Waals surface area contributed by atoms with E-state index in [0.717, 1.165) is 43.2 Å². The summed E-state index contributed by atoms with van der Waals surface area (Å²) in [6.07, 6.45) is 0.996. The van der Waals surface area contributed by atoms with E-state index in [9.17, 15) is 0 Å². The topological polar surface area (TPSA) is 72.1 Å². The molecule has 0 spiro atoms. The van der Waals surface area contributed by atoms with Crippen molar-refractivity contribution in [3.8, 4) is 11.5 Å². The van der Waals surface area contributed by atoms with Crippen molar-refractivity contribution >= 4 is 35.6 Å². The van der Waals surface area contributed by atoms with Gasteiger partial charge in [0.2, 0.25) is 0 Å². The van der Waals surface area contributed by atoms with Crippen LogP contribution in [0, 0.1) is 6.92 Å². The van der Waals surface area contributed by atoms with Gasteiger partial charge in [-0.2, -0.15) is 0 Å². The summed E-state index contributed by atoms with van der Waals surface area (Å²) in [4.78, 5) is 6.84. The van der Waals surface area contributed by atoms with Crippen molar-refractivity contribution in [2.24, 2.45) is 10.7 Å². The van der Waals surface area contributed by atoms with Gasteiger partial charge in [0, 0.05) is 25.3 Å². The molecule has 1 aliphatic rings. The average Bonchev–Trinajstić information content (AvgIpc) is 2.66. The minimum Gasteiger partial charge on any atom is -0.493 e. The molecule has 6 nitrogen and oxygen atoms in total. The summed E-state index contributed by atoms with van der Waals surface area (Å²) < 4.78 is 10.8. The van der Waals surface area contributed by atoms with Gasteiger partial charge in [0.05, 0.1) is 20.8 Å². The Hall–Kier alpha value is -2.00. The summed E-state index contributed by atoms with van der Waals surface area (Å²) >= 11 is 0. The Morgan fingerprint density at radius 1 is 1.14 bits per heavy atom. The van der Waals surface area contributed by atoms with Crippen molar-refractivity contribution in [2.75, 3.05) is 39.2 Å². The summed E-state index contributed by atoms with van der Waals surface area (Å²) in [5.74, 6) is 2.02. The molecule has 28 heavy (non-hydrogen) atoms. The van der Waals surface area contributed by atoms with Crippen molar-refractivity contribution in [3.63, 3.8) is 0 Å². The van der Waals surface area contributed by atoms with Gasteiger partial charge >= 0.3 is 0 Å². The molecule has 0 saturated carbocycles. The summed E-state index contributed by atoms with van der Waals surface area (Å²) in [6, 6.07) is 12.3. The Morgan fingerprint density at radius 3 is 2.54 bits per heavy atom. The van der Waals surface area contributed by atoms with Crippen LogP contribution in [0.3, 0.4) is 0 Å². The molecule has 7 heteroatoms. The molecule has 0 aliphatic carbocycles. The Balaban J connectivity index is 0.00000280. The minimum atomic E-state index is 0. The maximum Gasteiger partial charge on any atom is 0.193 e. The van der Waals surface area contributed by atoms with E-state index >= 15 is 0 Å².